The maximum atomic E-state index is 12.5. The molecular weight excluding hydrogens is 412 g/mol. The molecular formula is C19H25ClN6O2S. The van der Waals surface area contributed by atoms with Crippen LogP contribution in [0.4, 0.5) is 15.6 Å². The third-order valence-corrected chi connectivity index (χ3v) is 6.05. The number of nitrogens with zero attached hydrogens (tertiary/aromatic N) is 4. The van der Waals surface area contributed by atoms with E-state index in [9.17, 15) is 9.59 Å². The molecule has 0 spiro atoms. The van der Waals surface area contributed by atoms with Gasteiger partial charge in [0.2, 0.25) is 11.0 Å². The zero-order chi connectivity index (χ0) is 21.0. The molecule has 0 aliphatic carbocycles. The molecule has 10 heteroatoms. The van der Waals surface area contributed by atoms with Gasteiger partial charge in [0.15, 0.2) is 0 Å². The predicted octanol–water partition coefficient (Wildman–Crippen LogP) is 3.17. The minimum Gasteiger partial charge on any atom is -0.368 e. The molecule has 2 N–H and O–H groups in total. The first-order chi connectivity index (χ1) is 13.8. The highest BCUT2D eigenvalue weighted by Gasteiger charge is 2.24. The Morgan fingerprint density at radius 1 is 1.07 bits per heavy atom. The van der Waals surface area contributed by atoms with Crippen molar-refractivity contribution in [1.29, 1.82) is 0 Å². The lowest BCUT2D eigenvalue weighted by molar-refractivity contribution is -0.117. The number of piperazine rings is 1. The summed E-state index contributed by atoms with van der Waals surface area (Å²) in [4.78, 5) is 28.8. The molecule has 3 rings (SSSR count). The van der Waals surface area contributed by atoms with E-state index >= 15 is 0 Å². The Bertz CT molecular complexity index is 849. The topological polar surface area (TPSA) is 90.5 Å². The maximum absolute atomic E-state index is 12.5. The zero-order valence-corrected chi connectivity index (χ0v) is 18.3. The average molecular weight is 437 g/mol. The Labute approximate surface area is 179 Å². The molecule has 1 aromatic carbocycles. The lowest BCUT2D eigenvalue weighted by atomic mass is 10.2. The van der Waals surface area contributed by atoms with Gasteiger partial charge in [-0.3, -0.25) is 10.1 Å². The summed E-state index contributed by atoms with van der Waals surface area (Å²) < 4.78 is 0. The zero-order valence-electron chi connectivity index (χ0n) is 16.7. The molecule has 1 aliphatic rings. The smallest absolute Gasteiger partial charge is 0.318 e. The molecule has 0 saturated carbocycles. The fraction of sp³-hybridized carbons (Fsp3) is 0.474. The van der Waals surface area contributed by atoms with Crippen LogP contribution in [0.3, 0.4) is 0 Å². The van der Waals surface area contributed by atoms with Gasteiger partial charge in [-0.05, 0) is 31.2 Å². The first-order valence-electron chi connectivity index (χ1n) is 9.53. The molecule has 1 aromatic heterocycles. The number of aromatic nitrogens is 2. The first-order valence-corrected chi connectivity index (χ1v) is 10.7. The second-order valence-electron chi connectivity index (χ2n) is 7.21. The van der Waals surface area contributed by atoms with Crippen molar-refractivity contribution in [3.8, 4) is 0 Å². The number of carbonyl (C=O) groups excluding carboxylic acids is 2. The van der Waals surface area contributed by atoms with E-state index < -0.39 is 6.04 Å². The maximum Gasteiger partial charge on any atom is 0.318 e. The van der Waals surface area contributed by atoms with E-state index in [1.807, 2.05) is 38.1 Å². The predicted molar refractivity (Wildman–Crippen MR) is 116 cm³/mol. The van der Waals surface area contributed by atoms with Gasteiger partial charge >= 0.3 is 6.03 Å². The summed E-state index contributed by atoms with van der Waals surface area (Å²) in [5.74, 6) is -0.0635. The summed E-state index contributed by atoms with van der Waals surface area (Å²) in [6.45, 7) is 8.29. The molecule has 1 aliphatic heterocycles. The van der Waals surface area contributed by atoms with Crippen LogP contribution in [0, 0.1) is 0 Å². The minimum atomic E-state index is -0.678. The summed E-state index contributed by atoms with van der Waals surface area (Å²) >= 11 is 7.28. The highest BCUT2D eigenvalue weighted by atomic mass is 35.5. The molecule has 8 nitrogen and oxygen atoms in total. The lowest BCUT2D eigenvalue weighted by Crippen LogP contribution is -2.54. The average Bonchev–Trinajstić information content (AvgIpc) is 3.17. The van der Waals surface area contributed by atoms with Gasteiger partial charge in [-0.1, -0.05) is 36.8 Å². The van der Waals surface area contributed by atoms with E-state index in [2.05, 4.69) is 25.7 Å². The number of carbonyl (C=O) groups is 2. The molecule has 3 amide bonds. The first kappa shape index (κ1) is 21.3. The SMILES string of the molecule is CC(C)c1nnc(NC(=O)[C@H](C)NC(=O)N2CCN(c3ccc(Cl)cc3)CC2)s1. The van der Waals surface area contributed by atoms with E-state index in [1.54, 1.807) is 11.8 Å². The van der Waals surface area contributed by atoms with Gasteiger partial charge < -0.3 is 15.1 Å². The van der Waals surface area contributed by atoms with Crippen LogP contribution in [0.5, 0.6) is 0 Å². The molecule has 0 bridgehead atoms. The summed E-state index contributed by atoms with van der Waals surface area (Å²) in [6.07, 6.45) is 0. The number of halogens is 1. The second kappa shape index (κ2) is 9.41. The molecule has 1 atom stereocenters. The number of amides is 3. The summed E-state index contributed by atoms with van der Waals surface area (Å²) in [5.41, 5.74) is 1.08. The second-order valence-corrected chi connectivity index (χ2v) is 8.66. The van der Waals surface area contributed by atoms with Crippen LogP contribution >= 0.6 is 22.9 Å². The number of anilines is 2. The van der Waals surface area contributed by atoms with Crippen LogP contribution in [0.25, 0.3) is 0 Å². The lowest BCUT2D eigenvalue weighted by Gasteiger charge is -2.36. The van der Waals surface area contributed by atoms with Gasteiger partial charge in [-0.15, -0.1) is 10.2 Å². The number of hydrogen-bond donors (Lipinski definition) is 2. The molecule has 156 valence electrons. The summed E-state index contributed by atoms with van der Waals surface area (Å²) in [5, 5.41) is 15.5. The van der Waals surface area contributed by atoms with Crippen LogP contribution in [0.1, 0.15) is 31.7 Å². The van der Waals surface area contributed by atoms with Gasteiger partial charge in [0.05, 0.1) is 0 Å². The van der Waals surface area contributed by atoms with E-state index in [0.717, 1.165) is 23.8 Å². The highest BCUT2D eigenvalue weighted by Crippen LogP contribution is 2.22. The van der Waals surface area contributed by atoms with Crippen molar-refractivity contribution in [1.82, 2.24) is 20.4 Å². The molecule has 1 fully saturated rings. The summed E-state index contributed by atoms with van der Waals surface area (Å²) in [6, 6.07) is 6.74. The number of hydrogen-bond acceptors (Lipinski definition) is 6. The van der Waals surface area contributed by atoms with Crippen LogP contribution in [0.2, 0.25) is 5.02 Å². The van der Waals surface area contributed by atoms with Crippen molar-refractivity contribution in [2.75, 3.05) is 36.4 Å². The van der Waals surface area contributed by atoms with Crippen LogP contribution in [-0.4, -0.2) is 59.3 Å². The number of urea groups is 1. The number of nitrogens with one attached hydrogen (secondary N) is 2. The van der Waals surface area contributed by atoms with Crippen molar-refractivity contribution >= 4 is 45.7 Å². The van der Waals surface area contributed by atoms with Gasteiger partial charge in [0.1, 0.15) is 11.0 Å². The number of benzene rings is 1. The van der Waals surface area contributed by atoms with E-state index in [1.165, 1.54) is 11.3 Å². The Hall–Kier alpha value is -2.39. The minimum absolute atomic E-state index is 0.247. The standard InChI is InChI=1S/C19H25ClN6O2S/c1-12(2)17-23-24-18(29-17)22-16(27)13(3)21-19(28)26-10-8-25(9-11-26)15-6-4-14(20)5-7-15/h4-7,12-13H,8-11H2,1-3H3,(H,21,28)(H,22,24,27)/t13-/m0/s1. The molecule has 2 aromatic rings. The summed E-state index contributed by atoms with van der Waals surface area (Å²) in [7, 11) is 0. The van der Waals surface area contributed by atoms with Crippen LogP contribution in [-0.2, 0) is 4.79 Å². The van der Waals surface area contributed by atoms with E-state index in [4.69, 9.17) is 11.6 Å². The van der Waals surface area contributed by atoms with Crippen molar-refractivity contribution in [3.63, 3.8) is 0 Å². The quantitative estimate of drug-likeness (QED) is 0.751. The molecule has 2 heterocycles. The third kappa shape index (κ3) is 5.57. The van der Waals surface area contributed by atoms with Crippen molar-refractivity contribution < 1.29 is 9.59 Å². The Balaban J connectivity index is 1.47. The van der Waals surface area contributed by atoms with Crippen molar-refractivity contribution in [2.45, 2.75) is 32.7 Å². The normalized spacial score (nSPS) is 15.3. The Morgan fingerprint density at radius 3 is 2.31 bits per heavy atom. The monoisotopic (exact) mass is 436 g/mol. The largest absolute Gasteiger partial charge is 0.368 e. The van der Waals surface area contributed by atoms with Crippen molar-refractivity contribution in [2.24, 2.45) is 0 Å². The third-order valence-electron chi connectivity index (χ3n) is 4.66. The molecule has 1 saturated heterocycles. The van der Waals surface area contributed by atoms with Crippen LogP contribution < -0.4 is 15.5 Å². The van der Waals surface area contributed by atoms with Gasteiger partial charge in [0.25, 0.3) is 0 Å². The fourth-order valence-corrected chi connectivity index (χ4v) is 3.77. The van der Waals surface area contributed by atoms with E-state index in [-0.39, 0.29) is 17.9 Å². The van der Waals surface area contributed by atoms with Gasteiger partial charge in [0, 0.05) is 42.8 Å². The van der Waals surface area contributed by atoms with Crippen LogP contribution in [0.15, 0.2) is 24.3 Å². The molecule has 0 radical (unpaired) electrons. The molecule has 0 unspecified atom stereocenters. The van der Waals surface area contributed by atoms with Gasteiger partial charge in [-0.2, -0.15) is 0 Å². The fourth-order valence-electron chi connectivity index (χ4n) is 2.89. The van der Waals surface area contributed by atoms with Crippen molar-refractivity contribution in [3.05, 3.63) is 34.3 Å². The highest BCUT2D eigenvalue weighted by molar-refractivity contribution is 7.15. The van der Waals surface area contributed by atoms with Gasteiger partial charge in [-0.25, -0.2) is 4.79 Å². The molecule has 29 heavy (non-hydrogen) atoms. The Kier molecular flexibility index (Phi) is 6.92. The number of rotatable bonds is 5. The Morgan fingerprint density at radius 2 is 1.72 bits per heavy atom. The van der Waals surface area contributed by atoms with E-state index in [0.29, 0.717) is 23.2 Å².